The molecule has 0 radical (unpaired) electrons. The summed E-state index contributed by atoms with van der Waals surface area (Å²) in [6.07, 6.45) is 3.48. The number of hydrogen-bond acceptors (Lipinski definition) is 4. The number of para-hydroxylation sites is 1. The average Bonchev–Trinajstić information content (AvgIpc) is 3.44. The summed E-state index contributed by atoms with van der Waals surface area (Å²) in [6, 6.07) is 39.5. The fraction of sp³-hybridized carbons (Fsp3) is 0. The summed E-state index contributed by atoms with van der Waals surface area (Å²) in [5.41, 5.74) is 5.46. The predicted octanol–water partition coefficient (Wildman–Crippen LogP) is 8.21. The van der Waals surface area contributed by atoms with E-state index in [1.165, 1.54) is 16.2 Å². The monoisotopic (exact) mass is 551 g/mol. The smallest absolute Gasteiger partial charge is 0.163 e. The normalized spacial score (nSPS) is 12.3. The van der Waals surface area contributed by atoms with E-state index in [1.54, 1.807) is 6.33 Å². The summed E-state index contributed by atoms with van der Waals surface area (Å²) >= 11 is 0. The third-order valence-electron chi connectivity index (χ3n) is 8.13. The molecule has 0 fully saturated rings. The van der Waals surface area contributed by atoms with Gasteiger partial charge in [0.05, 0.1) is 0 Å². The highest BCUT2D eigenvalue weighted by Crippen LogP contribution is 2.32. The fourth-order valence-electron chi connectivity index (χ4n) is 6.08. The van der Waals surface area contributed by atoms with Crippen LogP contribution in [0.1, 0.15) is 5.56 Å². The number of allylic oxidation sites excluding steroid dienone is 1. The van der Waals surface area contributed by atoms with Crippen molar-refractivity contribution in [3.63, 3.8) is 0 Å². The van der Waals surface area contributed by atoms with Gasteiger partial charge in [-0.3, -0.25) is 0 Å². The minimum Gasteiger partial charge on any atom is -0.456 e. The number of nitrogens with zero attached hydrogens (tertiary/aromatic N) is 3. The first-order valence-corrected chi connectivity index (χ1v) is 14.2. The molecule has 43 heavy (non-hydrogen) atoms. The molecule has 2 heterocycles. The van der Waals surface area contributed by atoms with Gasteiger partial charge in [0.25, 0.3) is 0 Å². The highest BCUT2D eigenvalue weighted by molar-refractivity contribution is 6.08. The van der Waals surface area contributed by atoms with Gasteiger partial charge in [0.15, 0.2) is 11.6 Å². The van der Waals surface area contributed by atoms with Crippen LogP contribution in [0.2, 0.25) is 0 Å². The lowest BCUT2D eigenvalue weighted by atomic mass is 9.94. The molecule has 8 aromatic rings. The van der Waals surface area contributed by atoms with Gasteiger partial charge in [-0.05, 0) is 67.4 Å². The first-order chi connectivity index (χ1) is 21.2. The van der Waals surface area contributed by atoms with Crippen LogP contribution in [0.4, 0.5) is 0 Å². The SMILES string of the molecule is C=C/C(c1cccc(-c2ncnc(-c3ccc4c(c3)oc3ccccc34)n2)c1)=c1\c(=C)ccc2c1ccc1ccccc12. The minimum atomic E-state index is 0.589. The van der Waals surface area contributed by atoms with Crippen molar-refractivity contribution >= 4 is 55.6 Å². The lowest BCUT2D eigenvalue weighted by molar-refractivity contribution is 0.669. The van der Waals surface area contributed by atoms with Gasteiger partial charge < -0.3 is 4.42 Å². The Morgan fingerprint density at radius 2 is 1.33 bits per heavy atom. The summed E-state index contributed by atoms with van der Waals surface area (Å²) in [6.45, 7) is 8.60. The lowest BCUT2D eigenvalue weighted by Crippen LogP contribution is -2.26. The summed E-state index contributed by atoms with van der Waals surface area (Å²) in [5, 5.41) is 8.96. The first kappa shape index (κ1) is 24.9. The molecule has 0 spiro atoms. The summed E-state index contributed by atoms with van der Waals surface area (Å²) < 4.78 is 6.10. The molecule has 0 aliphatic carbocycles. The van der Waals surface area contributed by atoms with E-state index < -0.39 is 0 Å². The molecule has 0 atom stereocenters. The third kappa shape index (κ3) is 4.12. The topological polar surface area (TPSA) is 51.8 Å². The Hall–Kier alpha value is -5.87. The molecular weight excluding hydrogens is 526 g/mol. The van der Waals surface area contributed by atoms with Gasteiger partial charge in [0.1, 0.15) is 17.5 Å². The molecule has 0 N–H and O–H groups in total. The van der Waals surface area contributed by atoms with Crippen LogP contribution in [0.3, 0.4) is 0 Å². The molecule has 202 valence electrons. The van der Waals surface area contributed by atoms with Crippen LogP contribution in [-0.2, 0) is 0 Å². The van der Waals surface area contributed by atoms with Crippen molar-refractivity contribution in [3.05, 3.63) is 150 Å². The lowest BCUT2D eigenvalue weighted by Gasteiger charge is -2.10. The maximum atomic E-state index is 6.10. The number of furan rings is 1. The second-order valence-electron chi connectivity index (χ2n) is 10.6. The van der Waals surface area contributed by atoms with Crippen LogP contribution in [0.25, 0.3) is 78.4 Å². The van der Waals surface area contributed by atoms with Gasteiger partial charge in [0, 0.05) is 21.9 Å². The maximum absolute atomic E-state index is 6.10. The van der Waals surface area contributed by atoms with Crippen LogP contribution in [0, 0.1) is 0 Å². The second kappa shape index (κ2) is 9.89. The number of aromatic nitrogens is 3. The molecule has 4 heteroatoms. The quantitative estimate of drug-likeness (QED) is 0.207. The second-order valence-corrected chi connectivity index (χ2v) is 10.6. The number of fused-ring (bicyclic) bond motifs is 6. The third-order valence-corrected chi connectivity index (χ3v) is 8.13. The van der Waals surface area contributed by atoms with Gasteiger partial charge in [-0.25, -0.2) is 15.0 Å². The number of rotatable bonds is 4. The van der Waals surface area contributed by atoms with Crippen molar-refractivity contribution in [3.8, 4) is 22.8 Å². The molecule has 0 aliphatic rings. The van der Waals surface area contributed by atoms with Crippen LogP contribution < -0.4 is 10.4 Å². The van der Waals surface area contributed by atoms with Gasteiger partial charge in [-0.15, -0.1) is 0 Å². The van der Waals surface area contributed by atoms with Crippen LogP contribution in [0.5, 0.6) is 0 Å². The number of hydrogen-bond donors (Lipinski definition) is 0. The fourth-order valence-corrected chi connectivity index (χ4v) is 6.08. The van der Waals surface area contributed by atoms with E-state index in [0.717, 1.165) is 60.0 Å². The van der Waals surface area contributed by atoms with Gasteiger partial charge in [-0.2, -0.15) is 0 Å². The van der Waals surface area contributed by atoms with Crippen LogP contribution in [0.15, 0.2) is 139 Å². The van der Waals surface area contributed by atoms with E-state index in [0.29, 0.717) is 11.6 Å². The van der Waals surface area contributed by atoms with Crippen molar-refractivity contribution in [2.24, 2.45) is 0 Å². The molecule has 0 saturated carbocycles. The Kier molecular flexibility index (Phi) is 5.73. The summed E-state index contributed by atoms with van der Waals surface area (Å²) in [5.74, 6) is 1.19. The molecule has 0 unspecified atom stereocenters. The molecule has 0 saturated heterocycles. The molecule has 4 nitrogen and oxygen atoms in total. The Bertz CT molecular complexity index is 2510. The zero-order valence-corrected chi connectivity index (χ0v) is 23.3. The van der Waals surface area contributed by atoms with E-state index in [2.05, 4.69) is 95.9 Å². The molecule has 8 rings (SSSR count). The first-order valence-electron chi connectivity index (χ1n) is 14.2. The molecule has 0 bridgehead atoms. The standard InChI is InChI=1S/C39H25N3O/c1-3-29(37-24(2)15-18-31-30-12-5-4-9-25(30)16-20-34(31)37)26-10-8-11-27(21-26)38-40-23-41-39(42-38)28-17-19-33-32-13-6-7-14-35(32)43-36(33)22-28/h3-23H,1-2H2/b37-29-. The highest BCUT2D eigenvalue weighted by atomic mass is 16.3. The predicted molar refractivity (Wildman–Crippen MR) is 177 cm³/mol. The van der Waals surface area contributed by atoms with Crippen molar-refractivity contribution in [1.29, 1.82) is 0 Å². The maximum Gasteiger partial charge on any atom is 0.163 e. The van der Waals surface area contributed by atoms with Crippen molar-refractivity contribution in [2.45, 2.75) is 0 Å². The minimum absolute atomic E-state index is 0.589. The van der Waals surface area contributed by atoms with Crippen molar-refractivity contribution in [1.82, 2.24) is 15.0 Å². The summed E-state index contributed by atoms with van der Waals surface area (Å²) in [4.78, 5) is 13.9. The van der Waals surface area contributed by atoms with Crippen molar-refractivity contribution < 1.29 is 4.42 Å². The largest absolute Gasteiger partial charge is 0.456 e. The zero-order chi connectivity index (χ0) is 28.9. The Labute approximate surface area is 247 Å². The van der Waals surface area contributed by atoms with E-state index in [4.69, 9.17) is 9.40 Å². The molecule has 0 aliphatic heterocycles. The van der Waals surface area contributed by atoms with E-state index in [9.17, 15) is 0 Å². The van der Waals surface area contributed by atoms with Crippen LogP contribution in [-0.4, -0.2) is 15.0 Å². The van der Waals surface area contributed by atoms with Gasteiger partial charge >= 0.3 is 0 Å². The molecule has 2 aromatic heterocycles. The van der Waals surface area contributed by atoms with E-state index >= 15 is 0 Å². The zero-order valence-electron chi connectivity index (χ0n) is 23.3. The Balaban J connectivity index is 1.26. The van der Waals surface area contributed by atoms with Gasteiger partial charge in [0.2, 0.25) is 0 Å². The average molecular weight is 552 g/mol. The number of benzene rings is 6. The molecule has 6 aromatic carbocycles. The Morgan fingerprint density at radius 1 is 0.605 bits per heavy atom. The Morgan fingerprint density at radius 3 is 2.19 bits per heavy atom. The van der Waals surface area contributed by atoms with Crippen molar-refractivity contribution in [2.75, 3.05) is 0 Å². The van der Waals surface area contributed by atoms with E-state index in [1.807, 2.05) is 48.5 Å². The van der Waals surface area contributed by atoms with Crippen LogP contribution >= 0.6 is 0 Å². The highest BCUT2D eigenvalue weighted by Gasteiger charge is 2.12. The van der Waals surface area contributed by atoms with Gasteiger partial charge in [-0.1, -0.05) is 110 Å². The van der Waals surface area contributed by atoms with E-state index in [-0.39, 0.29) is 0 Å². The molecular formula is C39H25N3O. The summed E-state index contributed by atoms with van der Waals surface area (Å²) in [7, 11) is 0. The molecule has 0 amide bonds.